The molecule has 0 bridgehead atoms. The Balaban J connectivity index is 2.52. The van der Waals surface area contributed by atoms with Gasteiger partial charge in [-0.2, -0.15) is 0 Å². The van der Waals surface area contributed by atoms with Gasteiger partial charge in [-0.25, -0.2) is 4.98 Å². The third kappa shape index (κ3) is 4.61. The Kier molecular flexibility index (Phi) is 5.77. The van der Waals surface area contributed by atoms with Crippen LogP contribution in [-0.2, 0) is 0 Å². The van der Waals surface area contributed by atoms with Gasteiger partial charge >= 0.3 is 0 Å². The van der Waals surface area contributed by atoms with Crippen molar-refractivity contribution >= 4 is 11.5 Å². The standard InChI is InChI=1S/C13H23N3O/c1-3-4-11(5-6-17)9-16-13-12(14)7-10(2)8-15-13/h7-8,11,17H,3-6,9,14H2,1-2H3,(H,15,16). The number of anilines is 2. The number of aliphatic hydroxyl groups excluding tert-OH is 1. The van der Waals surface area contributed by atoms with Crippen molar-refractivity contribution < 1.29 is 5.11 Å². The van der Waals surface area contributed by atoms with Gasteiger partial charge < -0.3 is 16.2 Å². The van der Waals surface area contributed by atoms with E-state index in [2.05, 4.69) is 17.2 Å². The highest BCUT2D eigenvalue weighted by atomic mass is 16.3. The second kappa shape index (κ2) is 7.12. The molecular formula is C13H23N3O. The minimum atomic E-state index is 0.239. The number of nitrogens with two attached hydrogens (primary N) is 1. The largest absolute Gasteiger partial charge is 0.396 e. The van der Waals surface area contributed by atoms with E-state index in [1.54, 1.807) is 6.20 Å². The maximum Gasteiger partial charge on any atom is 0.149 e. The van der Waals surface area contributed by atoms with Crippen molar-refractivity contribution in [2.75, 3.05) is 24.2 Å². The summed E-state index contributed by atoms with van der Waals surface area (Å²) in [4.78, 5) is 4.27. The molecule has 4 nitrogen and oxygen atoms in total. The van der Waals surface area contributed by atoms with Gasteiger partial charge in [0.2, 0.25) is 0 Å². The lowest BCUT2D eigenvalue weighted by Crippen LogP contribution is -2.17. The van der Waals surface area contributed by atoms with E-state index in [0.717, 1.165) is 37.2 Å². The number of aliphatic hydroxyl groups is 1. The first-order valence-electron chi connectivity index (χ1n) is 6.24. The number of nitrogen functional groups attached to an aromatic ring is 1. The average Bonchev–Trinajstić information content (AvgIpc) is 2.28. The molecule has 1 aromatic rings. The fourth-order valence-electron chi connectivity index (χ4n) is 1.92. The zero-order chi connectivity index (χ0) is 12.7. The van der Waals surface area contributed by atoms with Crippen LogP contribution < -0.4 is 11.1 Å². The number of hydrogen-bond donors (Lipinski definition) is 3. The number of rotatable bonds is 7. The summed E-state index contributed by atoms with van der Waals surface area (Å²) in [7, 11) is 0. The van der Waals surface area contributed by atoms with Crippen molar-refractivity contribution in [3.8, 4) is 0 Å². The van der Waals surface area contributed by atoms with Crippen LogP contribution >= 0.6 is 0 Å². The normalized spacial score (nSPS) is 12.4. The fourth-order valence-corrected chi connectivity index (χ4v) is 1.92. The van der Waals surface area contributed by atoms with Crippen molar-refractivity contribution in [1.29, 1.82) is 0 Å². The Bertz CT molecular complexity index is 335. The van der Waals surface area contributed by atoms with E-state index < -0.39 is 0 Å². The summed E-state index contributed by atoms with van der Waals surface area (Å²) in [6.07, 6.45) is 4.87. The van der Waals surface area contributed by atoms with E-state index >= 15 is 0 Å². The molecule has 96 valence electrons. The predicted molar refractivity (Wildman–Crippen MR) is 72.0 cm³/mol. The summed E-state index contributed by atoms with van der Waals surface area (Å²) in [6.45, 7) is 5.18. The SMILES string of the molecule is CCCC(CCO)CNc1ncc(C)cc1N. The first kappa shape index (κ1) is 13.8. The highest BCUT2D eigenvalue weighted by Gasteiger charge is 2.08. The van der Waals surface area contributed by atoms with E-state index in [4.69, 9.17) is 10.8 Å². The third-order valence-electron chi connectivity index (χ3n) is 2.85. The van der Waals surface area contributed by atoms with Crippen LogP contribution in [0.25, 0.3) is 0 Å². The number of pyridine rings is 1. The van der Waals surface area contributed by atoms with Crippen LogP contribution in [-0.4, -0.2) is 23.2 Å². The quantitative estimate of drug-likeness (QED) is 0.679. The van der Waals surface area contributed by atoms with Crippen LogP contribution in [0.5, 0.6) is 0 Å². The molecule has 0 spiro atoms. The van der Waals surface area contributed by atoms with E-state index in [1.165, 1.54) is 0 Å². The van der Waals surface area contributed by atoms with E-state index in [9.17, 15) is 0 Å². The lowest BCUT2D eigenvalue weighted by atomic mass is 10.0. The molecule has 0 aliphatic heterocycles. The molecule has 1 rings (SSSR count). The van der Waals surface area contributed by atoms with Crippen molar-refractivity contribution in [2.45, 2.75) is 33.1 Å². The molecule has 0 saturated heterocycles. The number of nitrogens with zero attached hydrogens (tertiary/aromatic N) is 1. The first-order chi connectivity index (χ1) is 8.17. The van der Waals surface area contributed by atoms with Crippen LogP contribution in [0.3, 0.4) is 0 Å². The Morgan fingerprint density at radius 1 is 1.47 bits per heavy atom. The molecule has 1 atom stereocenters. The minimum Gasteiger partial charge on any atom is -0.396 e. The smallest absolute Gasteiger partial charge is 0.149 e. The molecule has 17 heavy (non-hydrogen) atoms. The lowest BCUT2D eigenvalue weighted by molar-refractivity contribution is 0.255. The molecule has 0 saturated carbocycles. The maximum atomic E-state index is 8.98. The molecule has 1 heterocycles. The summed E-state index contributed by atoms with van der Waals surface area (Å²) >= 11 is 0. The van der Waals surface area contributed by atoms with E-state index in [-0.39, 0.29) is 6.61 Å². The Morgan fingerprint density at radius 3 is 2.82 bits per heavy atom. The summed E-state index contributed by atoms with van der Waals surface area (Å²) < 4.78 is 0. The third-order valence-corrected chi connectivity index (χ3v) is 2.85. The second-order valence-corrected chi connectivity index (χ2v) is 4.50. The Labute approximate surface area is 103 Å². The van der Waals surface area contributed by atoms with Crippen molar-refractivity contribution in [3.63, 3.8) is 0 Å². The molecule has 0 radical (unpaired) electrons. The Hall–Kier alpha value is -1.29. The molecule has 1 aromatic heterocycles. The van der Waals surface area contributed by atoms with Crippen molar-refractivity contribution in [3.05, 3.63) is 17.8 Å². The van der Waals surface area contributed by atoms with E-state index in [1.807, 2.05) is 13.0 Å². The van der Waals surface area contributed by atoms with Crippen LogP contribution in [0.15, 0.2) is 12.3 Å². The number of aryl methyl sites for hydroxylation is 1. The highest BCUT2D eigenvalue weighted by molar-refractivity contribution is 5.61. The molecule has 4 N–H and O–H groups in total. The molecule has 1 unspecified atom stereocenters. The van der Waals surface area contributed by atoms with Crippen LogP contribution in [0, 0.1) is 12.8 Å². The highest BCUT2D eigenvalue weighted by Crippen LogP contribution is 2.18. The zero-order valence-corrected chi connectivity index (χ0v) is 10.7. The predicted octanol–water partition coefficient (Wildman–Crippen LogP) is 2.18. The Morgan fingerprint density at radius 2 is 2.24 bits per heavy atom. The van der Waals surface area contributed by atoms with Gasteiger partial charge in [0, 0.05) is 19.3 Å². The van der Waals surface area contributed by atoms with Gasteiger partial charge in [-0.3, -0.25) is 0 Å². The van der Waals surface area contributed by atoms with Gasteiger partial charge in [0.15, 0.2) is 0 Å². The van der Waals surface area contributed by atoms with Crippen LogP contribution in [0.1, 0.15) is 31.7 Å². The second-order valence-electron chi connectivity index (χ2n) is 4.50. The van der Waals surface area contributed by atoms with Crippen molar-refractivity contribution in [1.82, 2.24) is 4.98 Å². The van der Waals surface area contributed by atoms with Gasteiger partial charge in [0.1, 0.15) is 5.82 Å². The molecule has 0 aliphatic rings. The molecule has 0 aromatic carbocycles. The van der Waals surface area contributed by atoms with Crippen LogP contribution in [0.4, 0.5) is 11.5 Å². The number of nitrogens with one attached hydrogen (secondary N) is 1. The first-order valence-corrected chi connectivity index (χ1v) is 6.24. The summed E-state index contributed by atoms with van der Waals surface area (Å²) in [6, 6.07) is 1.91. The summed E-state index contributed by atoms with van der Waals surface area (Å²) in [5, 5.41) is 12.2. The fraction of sp³-hybridized carbons (Fsp3) is 0.615. The van der Waals surface area contributed by atoms with Gasteiger partial charge in [-0.15, -0.1) is 0 Å². The lowest BCUT2D eigenvalue weighted by Gasteiger charge is -2.16. The molecule has 4 heteroatoms. The molecular weight excluding hydrogens is 214 g/mol. The monoisotopic (exact) mass is 237 g/mol. The molecule has 0 aliphatic carbocycles. The number of aromatic nitrogens is 1. The minimum absolute atomic E-state index is 0.239. The summed E-state index contributed by atoms with van der Waals surface area (Å²) in [5.41, 5.74) is 7.63. The number of hydrogen-bond acceptors (Lipinski definition) is 4. The van der Waals surface area contributed by atoms with Gasteiger partial charge in [0.25, 0.3) is 0 Å². The van der Waals surface area contributed by atoms with Crippen LogP contribution in [0.2, 0.25) is 0 Å². The topological polar surface area (TPSA) is 71.2 Å². The summed E-state index contributed by atoms with van der Waals surface area (Å²) in [5.74, 6) is 1.22. The van der Waals surface area contributed by atoms with E-state index in [0.29, 0.717) is 11.6 Å². The molecule has 0 fully saturated rings. The molecule has 0 amide bonds. The van der Waals surface area contributed by atoms with Crippen molar-refractivity contribution in [2.24, 2.45) is 5.92 Å². The average molecular weight is 237 g/mol. The van der Waals surface area contributed by atoms with Gasteiger partial charge in [-0.05, 0) is 37.3 Å². The zero-order valence-electron chi connectivity index (χ0n) is 10.7. The maximum absolute atomic E-state index is 8.98. The van der Waals surface area contributed by atoms with Gasteiger partial charge in [0.05, 0.1) is 5.69 Å². The van der Waals surface area contributed by atoms with Gasteiger partial charge in [-0.1, -0.05) is 13.3 Å².